The Hall–Kier alpha value is -3.00. The van der Waals surface area contributed by atoms with Gasteiger partial charge in [-0.3, -0.25) is 4.79 Å². The fourth-order valence-corrected chi connectivity index (χ4v) is 3.35. The predicted octanol–water partition coefficient (Wildman–Crippen LogP) is 1.65. The highest BCUT2D eigenvalue weighted by Gasteiger charge is 2.26. The van der Waals surface area contributed by atoms with E-state index in [0.29, 0.717) is 26.3 Å². The molecular weight excluding hydrogens is 358 g/mol. The van der Waals surface area contributed by atoms with Crippen molar-refractivity contribution < 1.29 is 14.3 Å². The van der Waals surface area contributed by atoms with E-state index in [-0.39, 0.29) is 5.91 Å². The molecule has 1 aromatic carbocycles. The average molecular weight is 381 g/mol. The molecule has 3 heterocycles. The van der Waals surface area contributed by atoms with Gasteiger partial charge in [-0.2, -0.15) is 0 Å². The third-order valence-electron chi connectivity index (χ3n) is 4.93. The molecule has 2 aliphatic heterocycles. The van der Waals surface area contributed by atoms with Gasteiger partial charge < -0.3 is 19.3 Å². The number of benzene rings is 1. The molecule has 0 saturated carbocycles. The van der Waals surface area contributed by atoms with Crippen LogP contribution in [0.4, 0.5) is 11.5 Å². The number of carbonyl (C=O) groups excluding carboxylic acids is 1. The topological polar surface area (TPSA) is 80.2 Å². The summed E-state index contributed by atoms with van der Waals surface area (Å²) in [6.07, 6.45) is 1.53. The van der Waals surface area contributed by atoms with Gasteiger partial charge in [-0.15, -0.1) is 0 Å². The SMILES string of the molecule is CCN1CCN(c2cc(C3=Nc4ccc(OCCOC)cc43)ncn2)CC1=O. The molecule has 0 unspecified atom stereocenters. The number of likely N-dealkylation sites (N-methyl/N-ethyl adjacent to an activating group) is 1. The predicted molar refractivity (Wildman–Crippen MR) is 106 cm³/mol. The molecule has 2 aromatic rings. The lowest BCUT2D eigenvalue weighted by Crippen LogP contribution is -2.50. The van der Waals surface area contributed by atoms with Gasteiger partial charge in [0.1, 0.15) is 24.5 Å². The van der Waals surface area contributed by atoms with E-state index >= 15 is 0 Å². The summed E-state index contributed by atoms with van der Waals surface area (Å²) in [6, 6.07) is 7.71. The number of hydrogen-bond donors (Lipinski definition) is 0. The first kappa shape index (κ1) is 18.4. The van der Waals surface area contributed by atoms with Crippen molar-refractivity contribution >= 4 is 23.1 Å². The smallest absolute Gasteiger partial charge is 0.242 e. The Morgan fingerprint density at radius 2 is 2.04 bits per heavy atom. The Labute approximate surface area is 163 Å². The molecule has 0 aliphatic carbocycles. The number of piperazine rings is 1. The van der Waals surface area contributed by atoms with Gasteiger partial charge in [-0.25, -0.2) is 15.0 Å². The van der Waals surface area contributed by atoms with Crippen molar-refractivity contribution in [3.63, 3.8) is 0 Å². The van der Waals surface area contributed by atoms with E-state index in [1.807, 2.05) is 41.0 Å². The van der Waals surface area contributed by atoms with Crippen LogP contribution < -0.4 is 9.64 Å². The van der Waals surface area contributed by atoms with Gasteiger partial charge in [0.05, 0.1) is 30.2 Å². The number of hydrogen-bond acceptors (Lipinski definition) is 7. The van der Waals surface area contributed by atoms with Crippen LogP contribution in [0.3, 0.4) is 0 Å². The second-order valence-electron chi connectivity index (χ2n) is 6.64. The van der Waals surface area contributed by atoms with Crippen LogP contribution in [-0.2, 0) is 9.53 Å². The summed E-state index contributed by atoms with van der Waals surface area (Å²) in [4.78, 5) is 29.4. The van der Waals surface area contributed by atoms with Crippen molar-refractivity contribution in [2.45, 2.75) is 6.92 Å². The van der Waals surface area contributed by atoms with Gasteiger partial charge in [0, 0.05) is 38.4 Å². The molecule has 0 spiro atoms. The van der Waals surface area contributed by atoms with Crippen LogP contribution in [0.2, 0.25) is 0 Å². The lowest BCUT2D eigenvalue weighted by Gasteiger charge is -2.34. The molecule has 8 heteroatoms. The number of anilines is 1. The Morgan fingerprint density at radius 1 is 1.14 bits per heavy atom. The first-order chi connectivity index (χ1) is 13.7. The molecule has 4 rings (SSSR count). The maximum Gasteiger partial charge on any atom is 0.242 e. The number of amides is 1. The summed E-state index contributed by atoms with van der Waals surface area (Å²) in [7, 11) is 1.65. The Morgan fingerprint density at radius 3 is 2.82 bits per heavy atom. The van der Waals surface area contributed by atoms with E-state index in [9.17, 15) is 4.79 Å². The van der Waals surface area contributed by atoms with Crippen molar-refractivity contribution in [1.82, 2.24) is 14.9 Å². The number of methoxy groups -OCH3 is 1. The normalized spacial score (nSPS) is 15.8. The van der Waals surface area contributed by atoms with Crippen molar-refractivity contribution in [1.29, 1.82) is 0 Å². The molecule has 0 atom stereocenters. The largest absolute Gasteiger partial charge is 0.491 e. The molecule has 1 fully saturated rings. The van der Waals surface area contributed by atoms with Gasteiger partial charge in [0.15, 0.2) is 0 Å². The molecular formula is C20H23N5O3. The second kappa shape index (κ2) is 7.93. The summed E-state index contributed by atoms with van der Waals surface area (Å²) in [5.41, 5.74) is 3.48. The number of ether oxygens (including phenoxy) is 2. The van der Waals surface area contributed by atoms with E-state index in [2.05, 4.69) is 15.0 Å². The summed E-state index contributed by atoms with van der Waals surface area (Å²) in [6.45, 7) is 5.58. The van der Waals surface area contributed by atoms with Crippen LogP contribution in [0, 0.1) is 0 Å². The Balaban J connectivity index is 1.50. The molecule has 0 bridgehead atoms. The van der Waals surface area contributed by atoms with Gasteiger partial charge in [-0.05, 0) is 25.1 Å². The molecule has 1 aromatic heterocycles. The minimum Gasteiger partial charge on any atom is -0.491 e. The van der Waals surface area contributed by atoms with E-state index in [0.717, 1.165) is 47.3 Å². The van der Waals surface area contributed by atoms with Crippen molar-refractivity contribution in [3.05, 3.63) is 41.9 Å². The molecule has 0 radical (unpaired) electrons. The van der Waals surface area contributed by atoms with Gasteiger partial charge in [0.2, 0.25) is 5.91 Å². The van der Waals surface area contributed by atoms with E-state index in [1.54, 1.807) is 7.11 Å². The van der Waals surface area contributed by atoms with Crippen LogP contribution in [0.15, 0.2) is 35.6 Å². The lowest BCUT2D eigenvalue weighted by atomic mass is 9.99. The van der Waals surface area contributed by atoms with Crippen molar-refractivity contribution in [2.75, 3.05) is 51.4 Å². The summed E-state index contributed by atoms with van der Waals surface area (Å²) in [5, 5.41) is 0. The quantitative estimate of drug-likeness (QED) is 0.579. The zero-order valence-electron chi connectivity index (χ0n) is 16.1. The van der Waals surface area contributed by atoms with Crippen LogP contribution >= 0.6 is 0 Å². The summed E-state index contributed by atoms with van der Waals surface area (Å²) >= 11 is 0. The van der Waals surface area contributed by atoms with Crippen molar-refractivity contribution in [3.8, 4) is 5.75 Å². The standard InChI is InChI=1S/C20H23N5O3/c1-3-24-6-7-25(12-19(24)26)18-11-17(21-13-22-18)20-15-10-14(28-9-8-27-2)4-5-16(15)23-20/h4-5,10-11,13H,3,6-9,12H2,1-2H3. The van der Waals surface area contributed by atoms with Gasteiger partial charge in [-0.1, -0.05) is 0 Å². The Bertz CT molecular complexity index is 914. The van der Waals surface area contributed by atoms with Crippen LogP contribution in [-0.4, -0.2) is 73.0 Å². The number of aliphatic imine (C=N–C) groups is 1. The highest BCUT2D eigenvalue weighted by molar-refractivity contribution is 6.21. The monoisotopic (exact) mass is 381 g/mol. The van der Waals surface area contributed by atoms with E-state index in [4.69, 9.17) is 9.47 Å². The first-order valence-electron chi connectivity index (χ1n) is 9.39. The third-order valence-corrected chi connectivity index (χ3v) is 4.93. The molecule has 146 valence electrons. The minimum atomic E-state index is 0.123. The number of rotatable bonds is 7. The molecule has 8 nitrogen and oxygen atoms in total. The molecule has 1 amide bonds. The fourth-order valence-electron chi connectivity index (χ4n) is 3.35. The van der Waals surface area contributed by atoms with E-state index < -0.39 is 0 Å². The minimum absolute atomic E-state index is 0.123. The highest BCUT2D eigenvalue weighted by Crippen LogP contribution is 2.35. The van der Waals surface area contributed by atoms with Gasteiger partial charge in [0.25, 0.3) is 0 Å². The Kier molecular flexibility index (Phi) is 5.21. The summed E-state index contributed by atoms with van der Waals surface area (Å²) in [5.74, 6) is 1.65. The summed E-state index contributed by atoms with van der Waals surface area (Å²) < 4.78 is 10.7. The zero-order valence-corrected chi connectivity index (χ0v) is 16.1. The molecule has 2 aliphatic rings. The van der Waals surface area contributed by atoms with Crippen LogP contribution in [0.1, 0.15) is 18.2 Å². The number of fused-ring (bicyclic) bond motifs is 1. The van der Waals surface area contributed by atoms with Crippen LogP contribution in [0.5, 0.6) is 5.75 Å². The average Bonchev–Trinajstić information content (AvgIpc) is 2.70. The molecule has 28 heavy (non-hydrogen) atoms. The molecule has 1 saturated heterocycles. The maximum absolute atomic E-state index is 12.2. The zero-order chi connectivity index (χ0) is 19.5. The van der Waals surface area contributed by atoms with E-state index in [1.165, 1.54) is 6.33 Å². The molecule has 0 N–H and O–H groups in total. The number of carbonyl (C=O) groups is 1. The van der Waals surface area contributed by atoms with Crippen molar-refractivity contribution in [2.24, 2.45) is 4.99 Å². The lowest BCUT2D eigenvalue weighted by molar-refractivity contribution is -0.130. The second-order valence-corrected chi connectivity index (χ2v) is 6.64. The third kappa shape index (κ3) is 3.55. The number of nitrogens with zero attached hydrogens (tertiary/aromatic N) is 5. The van der Waals surface area contributed by atoms with Gasteiger partial charge >= 0.3 is 0 Å². The first-order valence-corrected chi connectivity index (χ1v) is 9.39. The maximum atomic E-state index is 12.2. The highest BCUT2D eigenvalue weighted by atomic mass is 16.5. The fraction of sp³-hybridized carbons (Fsp3) is 0.400. The van der Waals surface area contributed by atoms with Crippen LogP contribution in [0.25, 0.3) is 0 Å². The number of aromatic nitrogens is 2.